The SMILES string of the molecule is NCC1CCN(Cc2cc(C(=O)O)ccc2F)C1. The molecule has 1 unspecified atom stereocenters. The van der Waals surface area contributed by atoms with Crippen LogP contribution < -0.4 is 5.73 Å². The van der Waals surface area contributed by atoms with Crippen molar-refractivity contribution in [3.8, 4) is 0 Å². The van der Waals surface area contributed by atoms with Crippen LogP contribution in [0.3, 0.4) is 0 Å². The second kappa shape index (κ2) is 5.46. The molecule has 1 fully saturated rings. The molecule has 0 saturated carbocycles. The molecule has 0 spiro atoms. The predicted octanol–water partition coefficient (Wildman–Crippen LogP) is 1.30. The fourth-order valence-electron chi connectivity index (χ4n) is 2.32. The number of nitrogens with zero attached hydrogens (tertiary/aromatic N) is 1. The lowest BCUT2D eigenvalue weighted by Crippen LogP contribution is -2.23. The van der Waals surface area contributed by atoms with E-state index < -0.39 is 5.97 Å². The minimum atomic E-state index is -1.03. The molecule has 0 aliphatic carbocycles. The van der Waals surface area contributed by atoms with E-state index in [1.807, 2.05) is 0 Å². The van der Waals surface area contributed by atoms with Gasteiger partial charge in [0.2, 0.25) is 0 Å². The van der Waals surface area contributed by atoms with Gasteiger partial charge >= 0.3 is 5.97 Å². The summed E-state index contributed by atoms with van der Waals surface area (Å²) in [6, 6.07) is 3.91. The van der Waals surface area contributed by atoms with Crippen LogP contribution in [0.2, 0.25) is 0 Å². The highest BCUT2D eigenvalue weighted by Crippen LogP contribution is 2.19. The number of likely N-dealkylation sites (tertiary alicyclic amines) is 1. The minimum Gasteiger partial charge on any atom is -0.478 e. The van der Waals surface area contributed by atoms with Gasteiger partial charge in [-0.3, -0.25) is 4.90 Å². The maximum absolute atomic E-state index is 13.6. The van der Waals surface area contributed by atoms with Gasteiger partial charge in [-0.15, -0.1) is 0 Å². The van der Waals surface area contributed by atoms with E-state index in [4.69, 9.17) is 10.8 Å². The quantitative estimate of drug-likeness (QED) is 0.847. The standard InChI is InChI=1S/C13H17FN2O2/c14-12-2-1-10(13(17)18)5-11(12)8-16-4-3-9(6-15)7-16/h1-2,5,9H,3-4,6-8,15H2,(H,17,18). The van der Waals surface area contributed by atoms with Crippen molar-refractivity contribution in [2.75, 3.05) is 19.6 Å². The van der Waals surface area contributed by atoms with Crippen LogP contribution >= 0.6 is 0 Å². The Kier molecular flexibility index (Phi) is 3.93. The van der Waals surface area contributed by atoms with Crippen molar-refractivity contribution in [2.45, 2.75) is 13.0 Å². The van der Waals surface area contributed by atoms with E-state index in [9.17, 15) is 9.18 Å². The number of hydrogen-bond donors (Lipinski definition) is 2. The summed E-state index contributed by atoms with van der Waals surface area (Å²) in [5.41, 5.74) is 6.17. The van der Waals surface area contributed by atoms with Gasteiger partial charge in [0.15, 0.2) is 0 Å². The highest BCUT2D eigenvalue weighted by atomic mass is 19.1. The summed E-state index contributed by atoms with van der Waals surface area (Å²) in [7, 11) is 0. The number of halogens is 1. The molecule has 1 aromatic carbocycles. The molecular weight excluding hydrogens is 235 g/mol. The summed E-state index contributed by atoms with van der Waals surface area (Å²) >= 11 is 0. The van der Waals surface area contributed by atoms with E-state index in [0.29, 0.717) is 24.6 Å². The van der Waals surface area contributed by atoms with Gasteiger partial charge < -0.3 is 10.8 Å². The zero-order valence-electron chi connectivity index (χ0n) is 10.1. The Morgan fingerprint density at radius 3 is 2.94 bits per heavy atom. The van der Waals surface area contributed by atoms with Crippen LogP contribution in [0, 0.1) is 11.7 Å². The number of carboxylic acid groups (broad SMARTS) is 1. The van der Waals surface area contributed by atoms with E-state index in [-0.39, 0.29) is 11.4 Å². The van der Waals surface area contributed by atoms with Crippen LogP contribution in [0.15, 0.2) is 18.2 Å². The maximum Gasteiger partial charge on any atom is 0.335 e. The average Bonchev–Trinajstić information content (AvgIpc) is 2.79. The fraction of sp³-hybridized carbons (Fsp3) is 0.462. The van der Waals surface area contributed by atoms with Gasteiger partial charge in [0.25, 0.3) is 0 Å². The highest BCUT2D eigenvalue weighted by molar-refractivity contribution is 5.87. The van der Waals surface area contributed by atoms with E-state index in [1.165, 1.54) is 18.2 Å². The smallest absolute Gasteiger partial charge is 0.335 e. The van der Waals surface area contributed by atoms with Crippen LogP contribution in [0.5, 0.6) is 0 Å². The highest BCUT2D eigenvalue weighted by Gasteiger charge is 2.22. The molecule has 5 heteroatoms. The first-order valence-corrected chi connectivity index (χ1v) is 6.04. The van der Waals surface area contributed by atoms with Crippen LogP contribution in [0.4, 0.5) is 4.39 Å². The number of hydrogen-bond acceptors (Lipinski definition) is 3. The molecule has 1 saturated heterocycles. The molecule has 1 heterocycles. The van der Waals surface area contributed by atoms with E-state index in [1.54, 1.807) is 0 Å². The van der Waals surface area contributed by atoms with Crippen molar-refractivity contribution in [3.05, 3.63) is 35.1 Å². The maximum atomic E-state index is 13.6. The van der Waals surface area contributed by atoms with Crippen molar-refractivity contribution >= 4 is 5.97 Å². The molecule has 98 valence electrons. The van der Waals surface area contributed by atoms with Gasteiger partial charge in [-0.2, -0.15) is 0 Å². The third kappa shape index (κ3) is 2.86. The summed E-state index contributed by atoms with van der Waals surface area (Å²) in [6.07, 6.45) is 1.02. The Bertz CT molecular complexity index is 451. The predicted molar refractivity (Wildman–Crippen MR) is 65.8 cm³/mol. The Hall–Kier alpha value is -1.46. The Morgan fingerprint density at radius 1 is 1.56 bits per heavy atom. The number of nitrogens with two attached hydrogens (primary N) is 1. The Labute approximate surface area is 105 Å². The largest absolute Gasteiger partial charge is 0.478 e. The molecule has 0 aromatic heterocycles. The lowest BCUT2D eigenvalue weighted by atomic mass is 10.1. The number of carbonyl (C=O) groups is 1. The molecule has 3 N–H and O–H groups in total. The minimum absolute atomic E-state index is 0.126. The first-order valence-electron chi connectivity index (χ1n) is 6.04. The summed E-state index contributed by atoms with van der Waals surface area (Å²) in [5, 5.41) is 8.89. The lowest BCUT2D eigenvalue weighted by Gasteiger charge is -2.16. The van der Waals surface area contributed by atoms with Crippen LogP contribution in [-0.2, 0) is 6.54 Å². The number of benzene rings is 1. The van der Waals surface area contributed by atoms with Crippen LogP contribution in [0.1, 0.15) is 22.3 Å². The van der Waals surface area contributed by atoms with E-state index >= 15 is 0 Å². The molecule has 2 rings (SSSR count). The first kappa shape index (κ1) is 13.0. The summed E-state index contributed by atoms with van der Waals surface area (Å²) in [4.78, 5) is 13.0. The van der Waals surface area contributed by atoms with Crippen molar-refractivity contribution in [3.63, 3.8) is 0 Å². The number of carboxylic acids is 1. The van der Waals surface area contributed by atoms with Crippen LogP contribution in [-0.4, -0.2) is 35.6 Å². The first-order chi connectivity index (χ1) is 8.60. The Morgan fingerprint density at radius 2 is 2.33 bits per heavy atom. The summed E-state index contributed by atoms with van der Waals surface area (Å²) in [5.74, 6) is -0.913. The summed E-state index contributed by atoms with van der Waals surface area (Å²) < 4.78 is 13.6. The molecule has 4 nitrogen and oxygen atoms in total. The molecule has 0 bridgehead atoms. The third-order valence-electron chi connectivity index (χ3n) is 3.39. The number of aromatic carboxylic acids is 1. The van der Waals surface area contributed by atoms with Gasteiger partial charge in [0, 0.05) is 18.7 Å². The van der Waals surface area contributed by atoms with Gasteiger partial charge in [-0.25, -0.2) is 9.18 Å². The molecule has 0 amide bonds. The van der Waals surface area contributed by atoms with Crippen molar-refractivity contribution in [2.24, 2.45) is 11.7 Å². The van der Waals surface area contributed by atoms with E-state index in [0.717, 1.165) is 19.5 Å². The lowest BCUT2D eigenvalue weighted by molar-refractivity contribution is 0.0696. The molecule has 0 radical (unpaired) electrons. The summed E-state index contributed by atoms with van der Waals surface area (Å²) in [6.45, 7) is 2.84. The van der Waals surface area contributed by atoms with Gasteiger partial charge in [-0.1, -0.05) is 0 Å². The molecule has 1 aliphatic heterocycles. The van der Waals surface area contributed by atoms with Crippen molar-refractivity contribution in [1.82, 2.24) is 4.90 Å². The normalized spacial score (nSPS) is 20.2. The zero-order chi connectivity index (χ0) is 13.1. The van der Waals surface area contributed by atoms with Gasteiger partial charge in [0.05, 0.1) is 5.56 Å². The molecular formula is C13H17FN2O2. The second-order valence-corrected chi connectivity index (χ2v) is 4.74. The average molecular weight is 252 g/mol. The van der Waals surface area contributed by atoms with Gasteiger partial charge in [0.1, 0.15) is 5.82 Å². The Balaban J connectivity index is 2.09. The number of rotatable bonds is 4. The van der Waals surface area contributed by atoms with Crippen molar-refractivity contribution in [1.29, 1.82) is 0 Å². The van der Waals surface area contributed by atoms with Crippen LogP contribution in [0.25, 0.3) is 0 Å². The van der Waals surface area contributed by atoms with Gasteiger partial charge in [-0.05, 0) is 43.6 Å². The van der Waals surface area contributed by atoms with E-state index in [2.05, 4.69) is 4.90 Å². The van der Waals surface area contributed by atoms with Crippen molar-refractivity contribution < 1.29 is 14.3 Å². The molecule has 18 heavy (non-hydrogen) atoms. The zero-order valence-corrected chi connectivity index (χ0v) is 10.1. The monoisotopic (exact) mass is 252 g/mol. The fourth-order valence-corrected chi connectivity index (χ4v) is 2.32. The molecule has 1 atom stereocenters. The third-order valence-corrected chi connectivity index (χ3v) is 3.39. The molecule has 1 aliphatic rings. The molecule has 1 aromatic rings. The topological polar surface area (TPSA) is 66.6 Å². The second-order valence-electron chi connectivity index (χ2n) is 4.74.